The third kappa shape index (κ3) is 4.00. The molecule has 1 rings (SSSR count). The Morgan fingerprint density at radius 1 is 1.41 bits per heavy atom. The maximum Gasteiger partial charge on any atom is 0.178 e. The molecule has 0 bridgehead atoms. The molecule has 1 unspecified atom stereocenters. The van der Waals surface area contributed by atoms with Gasteiger partial charge in [0.15, 0.2) is 9.84 Å². The maximum absolute atomic E-state index is 12.2. The highest BCUT2D eigenvalue weighted by atomic mass is 79.9. The van der Waals surface area contributed by atoms with Crippen molar-refractivity contribution in [1.82, 2.24) is 0 Å². The van der Waals surface area contributed by atoms with Crippen LogP contribution in [-0.2, 0) is 9.84 Å². The van der Waals surface area contributed by atoms with Crippen molar-refractivity contribution in [3.05, 3.63) is 24.3 Å². The number of benzene rings is 1. The molecule has 0 N–H and O–H groups in total. The normalized spacial score (nSPS) is 13.4. The van der Waals surface area contributed by atoms with E-state index in [2.05, 4.69) is 15.9 Å². The molecule has 0 aromatic heterocycles. The van der Waals surface area contributed by atoms with E-state index in [9.17, 15) is 8.42 Å². The van der Waals surface area contributed by atoms with E-state index < -0.39 is 9.84 Å². The molecule has 0 amide bonds. The third-order valence-electron chi connectivity index (χ3n) is 2.65. The van der Waals surface area contributed by atoms with E-state index in [1.165, 1.54) is 7.11 Å². The molecule has 0 fully saturated rings. The van der Waals surface area contributed by atoms with Crippen LogP contribution in [0.3, 0.4) is 0 Å². The fraction of sp³-hybridized carbons (Fsp3) is 0.500. The highest BCUT2D eigenvalue weighted by Crippen LogP contribution is 2.21. The first kappa shape index (κ1) is 14.5. The number of sulfone groups is 1. The van der Waals surface area contributed by atoms with Gasteiger partial charge in [-0.3, -0.25) is 0 Å². The molecule has 0 aliphatic rings. The summed E-state index contributed by atoms with van der Waals surface area (Å²) >= 11 is 3.34. The molecule has 1 aromatic rings. The summed E-state index contributed by atoms with van der Waals surface area (Å²) in [7, 11) is -1.70. The zero-order valence-corrected chi connectivity index (χ0v) is 12.4. The Kier molecular flexibility index (Phi) is 5.46. The first-order valence-corrected chi connectivity index (χ1v) is 8.23. The predicted molar refractivity (Wildman–Crippen MR) is 72.6 cm³/mol. The van der Waals surface area contributed by atoms with Crippen LogP contribution in [0.5, 0.6) is 5.75 Å². The number of alkyl halides is 1. The van der Waals surface area contributed by atoms with Gasteiger partial charge in [-0.1, -0.05) is 35.3 Å². The van der Waals surface area contributed by atoms with Gasteiger partial charge in [0.1, 0.15) is 5.75 Å². The van der Waals surface area contributed by atoms with Crippen molar-refractivity contribution in [3.8, 4) is 5.75 Å². The maximum atomic E-state index is 12.2. The topological polar surface area (TPSA) is 43.4 Å². The number of methoxy groups -OCH3 is 1. The number of rotatable bonds is 6. The highest BCUT2D eigenvalue weighted by Gasteiger charge is 2.19. The Balaban J connectivity index is 2.96. The van der Waals surface area contributed by atoms with Gasteiger partial charge in [0.25, 0.3) is 0 Å². The molecule has 0 saturated carbocycles. The van der Waals surface area contributed by atoms with Crippen LogP contribution in [0.4, 0.5) is 0 Å². The molecule has 0 saturated heterocycles. The zero-order valence-electron chi connectivity index (χ0n) is 10.0. The second-order valence-corrected chi connectivity index (χ2v) is 6.57. The van der Waals surface area contributed by atoms with Gasteiger partial charge < -0.3 is 4.74 Å². The molecular formula is C12H17BrO3S. The van der Waals surface area contributed by atoms with Crippen LogP contribution in [0.1, 0.15) is 13.3 Å². The summed E-state index contributed by atoms with van der Waals surface area (Å²) in [5.74, 6) is 0.881. The highest BCUT2D eigenvalue weighted by molar-refractivity contribution is 9.09. The molecule has 0 aliphatic heterocycles. The molecule has 5 heteroatoms. The summed E-state index contributed by atoms with van der Waals surface area (Å²) in [6.07, 6.45) is 0.842. The van der Waals surface area contributed by atoms with Crippen LogP contribution in [0.2, 0.25) is 0 Å². The van der Waals surface area contributed by atoms with Crippen molar-refractivity contribution < 1.29 is 13.2 Å². The van der Waals surface area contributed by atoms with Crippen molar-refractivity contribution in [2.24, 2.45) is 5.92 Å². The number of hydrogen-bond donors (Lipinski definition) is 0. The van der Waals surface area contributed by atoms with Crippen molar-refractivity contribution in [2.75, 3.05) is 18.2 Å². The summed E-state index contributed by atoms with van der Waals surface area (Å²) in [6, 6.07) is 6.61. The minimum absolute atomic E-state index is 0.145. The molecule has 0 spiro atoms. The third-order valence-corrected chi connectivity index (χ3v) is 5.45. The lowest BCUT2D eigenvalue weighted by atomic mass is 10.2. The summed E-state index contributed by atoms with van der Waals surface area (Å²) in [5, 5.41) is 0.701. The van der Waals surface area contributed by atoms with E-state index in [4.69, 9.17) is 4.74 Å². The van der Waals surface area contributed by atoms with Crippen LogP contribution >= 0.6 is 15.9 Å². The fourth-order valence-electron chi connectivity index (χ4n) is 1.47. The average molecular weight is 321 g/mol. The summed E-state index contributed by atoms with van der Waals surface area (Å²) in [4.78, 5) is 0.330. The first-order chi connectivity index (χ1) is 8.03. The molecule has 1 aromatic carbocycles. The molecule has 0 radical (unpaired) electrons. The van der Waals surface area contributed by atoms with Crippen LogP contribution in [-0.4, -0.2) is 26.6 Å². The van der Waals surface area contributed by atoms with Crippen LogP contribution in [0, 0.1) is 5.92 Å². The molecule has 17 heavy (non-hydrogen) atoms. The average Bonchev–Trinajstić information content (AvgIpc) is 2.36. The largest absolute Gasteiger partial charge is 0.497 e. The van der Waals surface area contributed by atoms with Gasteiger partial charge in [-0.15, -0.1) is 0 Å². The molecule has 1 atom stereocenters. The van der Waals surface area contributed by atoms with Crippen LogP contribution in [0.15, 0.2) is 29.2 Å². The number of halogens is 1. The van der Waals surface area contributed by atoms with Gasteiger partial charge in [0.05, 0.1) is 17.8 Å². The van der Waals surface area contributed by atoms with E-state index in [1.807, 2.05) is 6.92 Å². The summed E-state index contributed by atoms with van der Waals surface area (Å²) < 4.78 is 29.3. The lowest BCUT2D eigenvalue weighted by molar-refractivity contribution is 0.413. The second-order valence-electron chi connectivity index (χ2n) is 3.89. The van der Waals surface area contributed by atoms with Crippen LogP contribution < -0.4 is 4.74 Å². The van der Waals surface area contributed by atoms with E-state index in [-0.39, 0.29) is 11.7 Å². The monoisotopic (exact) mass is 320 g/mol. The van der Waals surface area contributed by atoms with Gasteiger partial charge in [0.2, 0.25) is 0 Å². The van der Waals surface area contributed by atoms with Gasteiger partial charge in [-0.25, -0.2) is 8.42 Å². The smallest absolute Gasteiger partial charge is 0.178 e. The SMILES string of the molecule is CCC(CBr)CS(=O)(=O)c1cccc(OC)c1. The van der Waals surface area contributed by atoms with E-state index in [1.54, 1.807) is 24.3 Å². The Bertz CT molecular complexity index is 453. The van der Waals surface area contributed by atoms with Crippen molar-refractivity contribution in [1.29, 1.82) is 0 Å². The van der Waals surface area contributed by atoms with Crippen molar-refractivity contribution >= 4 is 25.8 Å². The molecule has 3 nitrogen and oxygen atoms in total. The van der Waals surface area contributed by atoms with Crippen molar-refractivity contribution in [2.45, 2.75) is 18.2 Å². The predicted octanol–water partition coefficient (Wildman–Crippen LogP) is 2.89. The Labute approximate surface area is 111 Å². The minimum Gasteiger partial charge on any atom is -0.497 e. The number of hydrogen-bond acceptors (Lipinski definition) is 3. The fourth-order valence-corrected chi connectivity index (χ4v) is 4.21. The minimum atomic E-state index is -3.23. The van der Waals surface area contributed by atoms with E-state index in [0.717, 1.165) is 6.42 Å². The molecule has 0 aliphatic carbocycles. The van der Waals surface area contributed by atoms with Gasteiger partial charge in [-0.05, 0) is 24.1 Å². The van der Waals surface area contributed by atoms with Gasteiger partial charge in [-0.2, -0.15) is 0 Å². The Morgan fingerprint density at radius 3 is 2.65 bits per heavy atom. The lowest BCUT2D eigenvalue weighted by Gasteiger charge is -2.12. The summed E-state index contributed by atoms with van der Waals surface area (Å²) in [5.41, 5.74) is 0. The first-order valence-electron chi connectivity index (χ1n) is 5.46. The zero-order chi connectivity index (χ0) is 12.9. The Hall–Kier alpha value is -0.550. The quantitative estimate of drug-likeness (QED) is 0.757. The van der Waals surface area contributed by atoms with Gasteiger partial charge in [0, 0.05) is 5.33 Å². The van der Waals surface area contributed by atoms with Gasteiger partial charge >= 0.3 is 0 Å². The molecule has 96 valence electrons. The standard InChI is InChI=1S/C12H17BrO3S/c1-3-10(8-13)9-17(14,15)12-6-4-5-11(7-12)16-2/h4-7,10H,3,8-9H2,1-2H3. The van der Waals surface area contributed by atoms with Crippen molar-refractivity contribution in [3.63, 3.8) is 0 Å². The molecule has 0 heterocycles. The molecular weight excluding hydrogens is 304 g/mol. The Morgan fingerprint density at radius 2 is 2.12 bits per heavy atom. The van der Waals surface area contributed by atoms with E-state index >= 15 is 0 Å². The number of ether oxygens (including phenoxy) is 1. The van der Waals surface area contributed by atoms with Crippen LogP contribution in [0.25, 0.3) is 0 Å². The second kappa shape index (κ2) is 6.40. The summed E-state index contributed by atoms with van der Waals surface area (Å²) in [6.45, 7) is 1.99. The van der Waals surface area contributed by atoms with E-state index in [0.29, 0.717) is 16.0 Å². The lowest BCUT2D eigenvalue weighted by Crippen LogP contribution is -2.17.